The van der Waals surface area contributed by atoms with Crippen molar-refractivity contribution >= 4 is 5.91 Å². The first-order chi connectivity index (χ1) is 7.75. The third-order valence-corrected chi connectivity index (χ3v) is 2.91. The highest BCUT2D eigenvalue weighted by atomic mass is 16.5. The van der Waals surface area contributed by atoms with Crippen molar-refractivity contribution in [3.05, 3.63) is 18.0 Å². The van der Waals surface area contributed by atoms with E-state index in [9.17, 15) is 4.79 Å². The van der Waals surface area contributed by atoms with Gasteiger partial charge in [0.25, 0.3) is 0 Å². The summed E-state index contributed by atoms with van der Waals surface area (Å²) in [5.74, 6) is 1.34. The Morgan fingerprint density at radius 3 is 3.31 bits per heavy atom. The maximum atomic E-state index is 11.8. The molecule has 1 amide bonds. The number of hydrogen-bond donors (Lipinski definition) is 2. The molecule has 1 aliphatic rings. The summed E-state index contributed by atoms with van der Waals surface area (Å²) in [6, 6.07) is 1.68. The molecule has 0 saturated carbocycles. The highest BCUT2D eigenvalue weighted by Crippen LogP contribution is 2.15. The van der Waals surface area contributed by atoms with Gasteiger partial charge in [0.1, 0.15) is 0 Å². The van der Waals surface area contributed by atoms with Gasteiger partial charge in [0.05, 0.1) is 18.8 Å². The molecule has 0 radical (unpaired) electrons. The molecule has 0 aliphatic carbocycles. The standard InChI is InChI=1S/C11H17N3O2/c1-8-2-4-12-10(6-8)11(15)13-7-9-3-5-14-16-9/h3,5,8,10,12H,2,4,6-7H2,1H3,(H,13,15). The number of piperidine rings is 1. The summed E-state index contributed by atoms with van der Waals surface area (Å²) >= 11 is 0. The molecule has 5 heteroatoms. The van der Waals surface area contributed by atoms with Gasteiger partial charge in [0, 0.05) is 6.07 Å². The van der Waals surface area contributed by atoms with E-state index in [1.165, 1.54) is 0 Å². The van der Waals surface area contributed by atoms with Crippen LogP contribution in [0.1, 0.15) is 25.5 Å². The lowest BCUT2D eigenvalue weighted by Crippen LogP contribution is -2.48. The van der Waals surface area contributed by atoms with Crippen LogP contribution < -0.4 is 10.6 Å². The number of rotatable bonds is 3. The topological polar surface area (TPSA) is 67.2 Å². The van der Waals surface area contributed by atoms with Crippen molar-refractivity contribution in [3.8, 4) is 0 Å². The van der Waals surface area contributed by atoms with E-state index in [0.29, 0.717) is 18.2 Å². The van der Waals surface area contributed by atoms with E-state index in [2.05, 4.69) is 22.7 Å². The van der Waals surface area contributed by atoms with Crippen LogP contribution in [0.3, 0.4) is 0 Å². The van der Waals surface area contributed by atoms with Crippen molar-refractivity contribution in [1.82, 2.24) is 15.8 Å². The average Bonchev–Trinajstić information content (AvgIpc) is 2.78. The lowest BCUT2D eigenvalue weighted by molar-refractivity contribution is -0.124. The van der Waals surface area contributed by atoms with Gasteiger partial charge in [-0.3, -0.25) is 4.79 Å². The lowest BCUT2D eigenvalue weighted by atomic mass is 9.94. The number of carbonyl (C=O) groups is 1. The van der Waals surface area contributed by atoms with Gasteiger partial charge < -0.3 is 15.2 Å². The lowest BCUT2D eigenvalue weighted by Gasteiger charge is -2.27. The molecule has 5 nitrogen and oxygen atoms in total. The molecule has 88 valence electrons. The number of amides is 1. The molecule has 2 atom stereocenters. The first-order valence-electron chi connectivity index (χ1n) is 5.66. The summed E-state index contributed by atoms with van der Waals surface area (Å²) < 4.78 is 4.91. The van der Waals surface area contributed by atoms with Gasteiger partial charge >= 0.3 is 0 Å². The van der Waals surface area contributed by atoms with Crippen LogP contribution in [-0.4, -0.2) is 23.7 Å². The predicted octanol–water partition coefficient (Wildman–Crippen LogP) is 0.679. The van der Waals surface area contributed by atoms with Crippen LogP contribution in [0.5, 0.6) is 0 Å². The van der Waals surface area contributed by atoms with E-state index in [1.807, 2.05) is 0 Å². The number of hydrogen-bond acceptors (Lipinski definition) is 4. The van der Waals surface area contributed by atoms with E-state index in [1.54, 1.807) is 12.3 Å². The molecule has 2 rings (SSSR count). The predicted molar refractivity (Wildman–Crippen MR) is 58.5 cm³/mol. The molecule has 1 aliphatic heterocycles. The molecule has 16 heavy (non-hydrogen) atoms. The van der Waals surface area contributed by atoms with Gasteiger partial charge in [-0.1, -0.05) is 12.1 Å². The molecule has 1 fully saturated rings. The molecule has 0 aromatic carbocycles. The molecular weight excluding hydrogens is 206 g/mol. The molecular formula is C11H17N3O2. The van der Waals surface area contributed by atoms with Crippen molar-refractivity contribution in [2.24, 2.45) is 5.92 Å². The number of carbonyl (C=O) groups excluding carboxylic acids is 1. The molecule has 2 unspecified atom stereocenters. The fourth-order valence-corrected chi connectivity index (χ4v) is 1.94. The van der Waals surface area contributed by atoms with Gasteiger partial charge in [-0.2, -0.15) is 0 Å². The van der Waals surface area contributed by atoms with Gasteiger partial charge in [0.15, 0.2) is 5.76 Å². The van der Waals surface area contributed by atoms with E-state index >= 15 is 0 Å². The summed E-state index contributed by atoms with van der Waals surface area (Å²) in [6.07, 6.45) is 3.62. The molecule has 1 aromatic rings. The number of aromatic nitrogens is 1. The van der Waals surface area contributed by atoms with Gasteiger partial charge in [0.2, 0.25) is 5.91 Å². The van der Waals surface area contributed by atoms with Crippen LogP contribution in [0.25, 0.3) is 0 Å². The van der Waals surface area contributed by atoms with Crippen LogP contribution >= 0.6 is 0 Å². The summed E-state index contributed by atoms with van der Waals surface area (Å²) in [5, 5.41) is 9.64. The van der Waals surface area contributed by atoms with Gasteiger partial charge in [-0.25, -0.2) is 0 Å². The minimum Gasteiger partial charge on any atom is -0.360 e. The van der Waals surface area contributed by atoms with Gasteiger partial charge in [-0.15, -0.1) is 0 Å². The molecule has 0 spiro atoms. The summed E-state index contributed by atoms with van der Waals surface area (Å²) in [5.41, 5.74) is 0. The maximum Gasteiger partial charge on any atom is 0.237 e. The zero-order valence-corrected chi connectivity index (χ0v) is 9.40. The van der Waals surface area contributed by atoms with Crippen LogP contribution in [0.15, 0.2) is 16.8 Å². The molecule has 0 bridgehead atoms. The molecule has 1 aromatic heterocycles. The monoisotopic (exact) mass is 223 g/mol. The fraction of sp³-hybridized carbons (Fsp3) is 0.636. The van der Waals surface area contributed by atoms with Gasteiger partial charge in [-0.05, 0) is 25.3 Å². The number of nitrogens with zero attached hydrogens (tertiary/aromatic N) is 1. The van der Waals surface area contributed by atoms with Crippen LogP contribution in [0.2, 0.25) is 0 Å². The quantitative estimate of drug-likeness (QED) is 0.790. The Bertz CT molecular complexity index is 337. The third-order valence-electron chi connectivity index (χ3n) is 2.91. The summed E-state index contributed by atoms with van der Waals surface area (Å²) in [6.45, 7) is 3.50. The minimum atomic E-state index is -0.0633. The SMILES string of the molecule is CC1CCNC(C(=O)NCc2ccno2)C1. The van der Waals surface area contributed by atoms with Crippen molar-refractivity contribution < 1.29 is 9.32 Å². The Hall–Kier alpha value is -1.36. The highest BCUT2D eigenvalue weighted by Gasteiger charge is 2.24. The Labute approximate surface area is 94.6 Å². The van der Waals surface area contributed by atoms with E-state index in [0.717, 1.165) is 19.4 Å². The largest absolute Gasteiger partial charge is 0.360 e. The zero-order chi connectivity index (χ0) is 11.4. The number of nitrogens with one attached hydrogen (secondary N) is 2. The smallest absolute Gasteiger partial charge is 0.237 e. The van der Waals surface area contributed by atoms with Crippen LogP contribution in [0, 0.1) is 5.92 Å². The van der Waals surface area contributed by atoms with Crippen molar-refractivity contribution in [3.63, 3.8) is 0 Å². The fourth-order valence-electron chi connectivity index (χ4n) is 1.94. The Morgan fingerprint density at radius 2 is 2.62 bits per heavy atom. The molecule has 1 saturated heterocycles. The van der Waals surface area contributed by atoms with E-state index < -0.39 is 0 Å². The summed E-state index contributed by atoms with van der Waals surface area (Å²) in [4.78, 5) is 11.8. The maximum absolute atomic E-state index is 11.8. The van der Waals surface area contributed by atoms with Crippen molar-refractivity contribution in [1.29, 1.82) is 0 Å². The van der Waals surface area contributed by atoms with E-state index in [-0.39, 0.29) is 11.9 Å². The van der Waals surface area contributed by atoms with Crippen molar-refractivity contribution in [2.45, 2.75) is 32.4 Å². The first kappa shape index (κ1) is 11.1. The second-order valence-electron chi connectivity index (χ2n) is 4.33. The Morgan fingerprint density at radius 1 is 1.75 bits per heavy atom. The first-order valence-corrected chi connectivity index (χ1v) is 5.66. The minimum absolute atomic E-state index is 0.0444. The molecule has 2 heterocycles. The van der Waals surface area contributed by atoms with Crippen LogP contribution in [-0.2, 0) is 11.3 Å². The average molecular weight is 223 g/mol. The van der Waals surface area contributed by atoms with Crippen molar-refractivity contribution in [2.75, 3.05) is 6.54 Å². The van der Waals surface area contributed by atoms with E-state index in [4.69, 9.17) is 4.52 Å². The molecule has 2 N–H and O–H groups in total. The highest BCUT2D eigenvalue weighted by molar-refractivity contribution is 5.81. The summed E-state index contributed by atoms with van der Waals surface area (Å²) in [7, 11) is 0. The zero-order valence-electron chi connectivity index (χ0n) is 9.40. The normalized spacial score (nSPS) is 25.3. The second-order valence-corrected chi connectivity index (χ2v) is 4.33. The Balaban J connectivity index is 1.79. The third kappa shape index (κ3) is 2.82. The second kappa shape index (κ2) is 5.12. The van der Waals surface area contributed by atoms with Crippen LogP contribution in [0.4, 0.5) is 0 Å². The Kier molecular flexibility index (Phi) is 3.56.